The smallest absolute Gasteiger partial charge is 0.256 e. The first-order chi connectivity index (χ1) is 13.2. The predicted octanol–water partition coefficient (Wildman–Crippen LogP) is 4.93. The summed E-state index contributed by atoms with van der Waals surface area (Å²) in [7, 11) is 0. The van der Waals surface area contributed by atoms with E-state index < -0.39 is 0 Å². The maximum atomic E-state index is 12.9. The number of aromatic nitrogens is 1. The average molecular weight is 353 g/mol. The maximum absolute atomic E-state index is 12.9. The highest BCUT2D eigenvalue weighted by molar-refractivity contribution is 6.09. The van der Waals surface area contributed by atoms with E-state index in [1.54, 1.807) is 49.4 Å². The summed E-state index contributed by atoms with van der Waals surface area (Å²) in [5, 5.41) is 12.3. The standard InChI is InChI=1S/C22H15N3O2/c1-14-24-20-12-16(10-11-21(20)27-14)25-22(26)19-9-5-4-8-18(19)17-7-3-2-6-15(17)13-23/h2-12H,1H3,(H,25,26). The van der Waals surface area contributed by atoms with E-state index in [-0.39, 0.29) is 5.91 Å². The Hall–Kier alpha value is -3.91. The van der Waals surface area contributed by atoms with Crippen LogP contribution in [0, 0.1) is 18.3 Å². The fourth-order valence-electron chi connectivity index (χ4n) is 3.05. The number of nitriles is 1. The lowest BCUT2D eigenvalue weighted by atomic mass is 9.95. The van der Waals surface area contributed by atoms with E-state index in [9.17, 15) is 10.1 Å². The molecule has 1 heterocycles. The number of anilines is 1. The predicted molar refractivity (Wildman–Crippen MR) is 103 cm³/mol. The molecule has 0 saturated heterocycles. The molecule has 5 nitrogen and oxygen atoms in total. The molecule has 0 spiro atoms. The summed E-state index contributed by atoms with van der Waals surface area (Å²) in [5.41, 5.74) is 4.46. The lowest BCUT2D eigenvalue weighted by molar-refractivity contribution is 0.102. The summed E-state index contributed by atoms with van der Waals surface area (Å²) in [6.07, 6.45) is 0. The summed E-state index contributed by atoms with van der Waals surface area (Å²) in [6, 6.07) is 22.0. The molecule has 0 unspecified atom stereocenters. The molecule has 0 atom stereocenters. The van der Waals surface area contributed by atoms with Crippen molar-refractivity contribution < 1.29 is 9.21 Å². The molecule has 3 aromatic carbocycles. The summed E-state index contributed by atoms with van der Waals surface area (Å²) < 4.78 is 5.46. The Morgan fingerprint density at radius 3 is 2.59 bits per heavy atom. The van der Waals surface area contributed by atoms with Crippen LogP contribution in [0.2, 0.25) is 0 Å². The SMILES string of the molecule is Cc1nc2cc(NC(=O)c3ccccc3-c3ccccc3C#N)ccc2o1. The van der Waals surface area contributed by atoms with Crippen LogP contribution in [-0.2, 0) is 0 Å². The quantitative estimate of drug-likeness (QED) is 0.566. The van der Waals surface area contributed by atoms with Gasteiger partial charge in [0, 0.05) is 23.7 Å². The maximum Gasteiger partial charge on any atom is 0.256 e. The second-order valence-corrected chi connectivity index (χ2v) is 6.07. The Morgan fingerprint density at radius 1 is 1.04 bits per heavy atom. The molecule has 0 saturated carbocycles. The fraction of sp³-hybridized carbons (Fsp3) is 0.0455. The lowest BCUT2D eigenvalue weighted by Gasteiger charge is -2.11. The third kappa shape index (κ3) is 3.16. The Bertz CT molecular complexity index is 1200. The van der Waals surface area contributed by atoms with Crippen molar-refractivity contribution in [1.82, 2.24) is 4.98 Å². The van der Waals surface area contributed by atoms with Gasteiger partial charge in [0.2, 0.25) is 0 Å². The molecule has 0 radical (unpaired) electrons. The monoisotopic (exact) mass is 353 g/mol. The van der Waals surface area contributed by atoms with E-state index in [4.69, 9.17) is 4.42 Å². The Balaban J connectivity index is 1.71. The number of nitrogens with zero attached hydrogens (tertiary/aromatic N) is 2. The number of amides is 1. The number of hydrogen-bond acceptors (Lipinski definition) is 4. The third-order valence-electron chi connectivity index (χ3n) is 4.26. The van der Waals surface area contributed by atoms with Crippen LogP contribution in [0.1, 0.15) is 21.8 Å². The first kappa shape index (κ1) is 16.6. The van der Waals surface area contributed by atoms with Crippen molar-refractivity contribution in [2.45, 2.75) is 6.92 Å². The second-order valence-electron chi connectivity index (χ2n) is 6.07. The number of rotatable bonds is 3. The van der Waals surface area contributed by atoms with E-state index in [1.807, 2.05) is 24.3 Å². The normalized spacial score (nSPS) is 10.5. The van der Waals surface area contributed by atoms with Gasteiger partial charge in [-0.1, -0.05) is 36.4 Å². The molecule has 1 amide bonds. The Morgan fingerprint density at radius 2 is 1.78 bits per heavy atom. The minimum Gasteiger partial charge on any atom is -0.441 e. The van der Waals surface area contributed by atoms with E-state index in [0.29, 0.717) is 39.4 Å². The zero-order valence-electron chi connectivity index (χ0n) is 14.6. The van der Waals surface area contributed by atoms with Gasteiger partial charge in [0.05, 0.1) is 11.6 Å². The topological polar surface area (TPSA) is 78.9 Å². The molecule has 0 aliphatic carbocycles. The third-order valence-corrected chi connectivity index (χ3v) is 4.26. The van der Waals surface area contributed by atoms with Crippen LogP contribution >= 0.6 is 0 Å². The molecule has 1 N–H and O–H groups in total. The molecule has 4 rings (SSSR count). The van der Waals surface area contributed by atoms with Gasteiger partial charge >= 0.3 is 0 Å². The number of oxazole rings is 1. The minimum absolute atomic E-state index is 0.252. The molecule has 0 aliphatic rings. The first-order valence-corrected chi connectivity index (χ1v) is 8.43. The first-order valence-electron chi connectivity index (χ1n) is 8.43. The number of carbonyl (C=O) groups excluding carboxylic acids is 1. The molecular formula is C22H15N3O2. The summed E-state index contributed by atoms with van der Waals surface area (Å²) >= 11 is 0. The van der Waals surface area contributed by atoms with E-state index in [0.717, 1.165) is 5.56 Å². The van der Waals surface area contributed by atoms with Crippen LogP contribution in [0.15, 0.2) is 71.1 Å². The zero-order valence-corrected chi connectivity index (χ0v) is 14.6. The van der Waals surface area contributed by atoms with Gasteiger partial charge in [0.1, 0.15) is 5.52 Å². The van der Waals surface area contributed by atoms with Crippen molar-refractivity contribution in [3.63, 3.8) is 0 Å². The van der Waals surface area contributed by atoms with Crippen LogP contribution in [0.5, 0.6) is 0 Å². The molecular weight excluding hydrogens is 338 g/mol. The van der Waals surface area contributed by atoms with Crippen molar-refractivity contribution in [2.24, 2.45) is 0 Å². The number of carbonyl (C=O) groups is 1. The Labute approximate surface area is 155 Å². The summed E-state index contributed by atoms with van der Waals surface area (Å²) in [6.45, 7) is 1.78. The van der Waals surface area contributed by atoms with Crippen molar-refractivity contribution >= 4 is 22.7 Å². The van der Waals surface area contributed by atoms with Crippen LogP contribution < -0.4 is 5.32 Å². The van der Waals surface area contributed by atoms with Gasteiger partial charge in [-0.05, 0) is 35.9 Å². The second kappa shape index (κ2) is 6.77. The molecule has 0 bridgehead atoms. The van der Waals surface area contributed by atoms with Crippen LogP contribution in [0.25, 0.3) is 22.2 Å². The highest BCUT2D eigenvalue weighted by Gasteiger charge is 2.15. The zero-order chi connectivity index (χ0) is 18.8. The highest BCUT2D eigenvalue weighted by Crippen LogP contribution is 2.28. The Kier molecular flexibility index (Phi) is 4.15. The van der Waals surface area contributed by atoms with Crippen LogP contribution in [0.4, 0.5) is 5.69 Å². The minimum atomic E-state index is -0.252. The number of nitrogens with one attached hydrogen (secondary N) is 1. The van der Waals surface area contributed by atoms with Gasteiger partial charge in [-0.2, -0.15) is 5.26 Å². The van der Waals surface area contributed by atoms with Crippen LogP contribution in [0.3, 0.4) is 0 Å². The van der Waals surface area contributed by atoms with E-state index in [1.165, 1.54) is 0 Å². The fourth-order valence-corrected chi connectivity index (χ4v) is 3.05. The molecule has 4 aromatic rings. The number of aryl methyl sites for hydroxylation is 1. The van der Waals surface area contributed by atoms with Crippen molar-refractivity contribution in [3.05, 3.63) is 83.7 Å². The molecule has 1 aromatic heterocycles. The highest BCUT2D eigenvalue weighted by atomic mass is 16.3. The summed E-state index contributed by atoms with van der Waals surface area (Å²) in [5.74, 6) is 0.324. The number of hydrogen-bond donors (Lipinski definition) is 1. The molecule has 130 valence electrons. The molecule has 27 heavy (non-hydrogen) atoms. The van der Waals surface area contributed by atoms with Gasteiger partial charge < -0.3 is 9.73 Å². The molecule has 5 heteroatoms. The molecule has 0 fully saturated rings. The average Bonchev–Trinajstić information content (AvgIpc) is 3.07. The largest absolute Gasteiger partial charge is 0.441 e. The van der Waals surface area contributed by atoms with Gasteiger partial charge in [-0.25, -0.2) is 4.98 Å². The van der Waals surface area contributed by atoms with Gasteiger partial charge in [0.25, 0.3) is 5.91 Å². The lowest BCUT2D eigenvalue weighted by Crippen LogP contribution is -2.13. The summed E-state index contributed by atoms with van der Waals surface area (Å²) in [4.78, 5) is 17.2. The van der Waals surface area contributed by atoms with Gasteiger partial charge in [-0.3, -0.25) is 4.79 Å². The van der Waals surface area contributed by atoms with E-state index >= 15 is 0 Å². The van der Waals surface area contributed by atoms with Gasteiger partial charge in [-0.15, -0.1) is 0 Å². The van der Waals surface area contributed by atoms with Gasteiger partial charge in [0.15, 0.2) is 11.5 Å². The van der Waals surface area contributed by atoms with Crippen LogP contribution in [-0.4, -0.2) is 10.9 Å². The van der Waals surface area contributed by atoms with Crippen molar-refractivity contribution in [2.75, 3.05) is 5.32 Å². The van der Waals surface area contributed by atoms with Crippen molar-refractivity contribution in [3.8, 4) is 17.2 Å². The number of fused-ring (bicyclic) bond motifs is 1. The number of benzene rings is 3. The van der Waals surface area contributed by atoms with Crippen molar-refractivity contribution in [1.29, 1.82) is 5.26 Å². The van der Waals surface area contributed by atoms with E-state index in [2.05, 4.69) is 16.4 Å². The molecule has 0 aliphatic heterocycles.